The van der Waals surface area contributed by atoms with E-state index in [1.165, 1.54) is 19.9 Å². The number of esters is 1. The number of halogens is 1. The lowest BCUT2D eigenvalue weighted by atomic mass is 10.1. The van der Waals surface area contributed by atoms with Crippen LogP contribution in [0.25, 0.3) is 0 Å². The Hall–Kier alpha value is -2.54. The summed E-state index contributed by atoms with van der Waals surface area (Å²) >= 11 is 5.77. The normalized spacial score (nSPS) is 10.5. The second-order valence-corrected chi connectivity index (χ2v) is 5.63. The van der Waals surface area contributed by atoms with Crippen LogP contribution in [0.1, 0.15) is 13.8 Å². The second kappa shape index (κ2) is 8.93. The number of urea groups is 1. The monoisotopic (exact) mass is 354 g/mol. The Balaban J connectivity index is 2.47. The highest BCUT2D eigenvalue weighted by atomic mass is 35.5. The molecule has 2 N–H and O–H groups in total. The van der Waals surface area contributed by atoms with Crippen LogP contribution in [-0.2, 0) is 14.3 Å². The Bertz CT molecular complexity index is 613. The zero-order valence-corrected chi connectivity index (χ0v) is 14.2. The summed E-state index contributed by atoms with van der Waals surface area (Å²) in [6.45, 7) is 6.02. The SMILES string of the molecule is C=CCNC(=O)NC(=O)COC(=O)C(C)(C)Oc1ccc(Cl)cc1. The first kappa shape index (κ1) is 19.5. The molecule has 0 aliphatic rings. The third-order valence-corrected chi connectivity index (χ3v) is 2.92. The van der Waals surface area contributed by atoms with Gasteiger partial charge in [-0.05, 0) is 38.1 Å². The van der Waals surface area contributed by atoms with Gasteiger partial charge in [0.15, 0.2) is 12.2 Å². The number of hydrogen-bond acceptors (Lipinski definition) is 5. The Morgan fingerprint density at radius 3 is 2.46 bits per heavy atom. The van der Waals surface area contributed by atoms with Gasteiger partial charge in [0.25, 0.3) is 5.91 Å². The minimum absolute atomic E-state index is 0.209. The fourth-order valence-corrected chi connectivity index (χ4v) is 1.64. The van der Waals surface area contributed by atoms with Crippen molar-refractivity contribution in [3.63, 3.8) is 0 Å². The molecular weight excluding hydrogens is 336 g/mol. The van der Waals surface area contributed by atoms with Gasteiger partial charge in [-0.3, -0.25) is 10.1 Å². The first-order valence-electron chi connectivity index (χ1n) is 7.05. The number of benzene rings is 1. The fourth-order valence-electron chi connectivity index (χ4n) is 1.52. The Morgan fingerprint density at radius 2 is 1.88 bits per heavy atom. The summed E-state index contributed by atoms with van der Waals surface area (Å²) in [5, 5.41) is 4.90. The molecule has 0 radical (unpaired) electrons. The smallest absolute Gasteiger partial charge is 0.350 e. The maximum absolute atomic E-state index is 12.0. The van der Waals surface area contributed by atoms with Crippen LogP contribution in [0.5, 0.6) is 5.75 Å². The second-order valence-electron chi connectivity index (χ2n) is 5.19. The van der Waals surface area contributed by atoms with Crippen LogP contribution in [0.3, 0.4) is 0 Å². The predicted molar refractivity (Wildman–Crippen MR) is 88.9 cm³/mol. The van der Waals surface area contributed by atoms with Crippen LogP contribution >= 0.6 is 11.6 Å². The highest BCUT2D eigenvalue weighted by molar-refractivity contribution is 6.30. The molecule has 1 aromatic carbocycles. The van der Waals surface area contributed by atoms with Crippen LogP contribution in [0.15, 0.2) is 36.9 Å². The fraction of sp³-hybridized carbons (Fsp3) is 0.312. The molecule has 0 heterocycles. The van der Waals surface area contributed by atoms with Crippen molar-refractivity contribution in [3.8, 4) is 5.75 Å². The molecule has 7 nitrogen and oxygen atoms in total. The number of hydrogen-bond donors (Lipinski definition) is 2. The molecule has 0 atom stereocenters. The molecular formula is C16H19ClN2O5. The van der Waals surface area contributed by atoms with Gasteiger partial charge in [0.2, 0.25) is 0 Å². The van der Waals surface area contributed by atoms with Crippen LogP contribution in [0.4, 0.5) is 4.79 Å². The van der Waals surface area contributed by atoms with Crippen molar-refractivity contribution >= 4 is 29.5 Å². The van der Waals surface area contributed by atoms with Crippen LogP contribution in [0.2, 0.25) is 5.02 Å². The molecule has 8 heteroatoms. The van der Waals surface area contributed by atoms with Gasteiger partial charge >= 0.3 is 12.0 Å². The number of carbonyl (C=O) groups is 3. The lowest BCUT2D eigenvalue weighted by Gasteiger charge is -2.24. The molecule has 130 valence electrons. The summed E-state index contributed by atoms with van der Waals surface area (Å²) in [5.41, 5.74) is -1.32. The lowest BCUT2D eigenvalue weighted by molar-refractivity contribution is -0.161. The quantitative estimate of drug-likeness (QED) is 0.577. The van der Waals surface area contributed by atoms with E-state index in [4.69, 9.17) is 21.1 Å². The number of carbonyl (C=O) groups excluding carboxylic acids is 3. The van der Waals surface area contributed by atoms with Gasteiger partial charge in [-0.2, -0.15) is 0 Å². The van der Waals surface area contributed by atoms with Gasteiger partial charge in [0.05, 0.1) is 0 Å². The first-order chi connectivity index (χ1) is 11.2. The number of ether oxygens (including phenoxy) is 2. The zero-order chi connectivity index (χ0) is 18.2. The molecule has 0 fully saturated rings. The molecule has 0 aliphatic heterocycles. The van der Waals surface area contributed by atoms with Crippen LogP contribution < -0.4 is 15.4 Å². The molecule has 1 rings (SSSR count). The largest absolute Gasteiger partial charge is 0.476 e. The van der Waals surface area contributed by atoms with E-state index in [1.54, 1.807) is 24.3 Å². The van der Waals surface area contributed by atoms with Crippen molar-refractivity contribution in [1.82, 2.24) is 10.6 Å². The van der Waals surface area contributed by atoms with Gasteiger partial charge in [-0.1, -0.05) is 17.7 Å². The average molecular weight is 355 g/mol. The van der Waals surface area contributed by atoms with Crippen molar-refractivity contribution in [2.45, 2.75) is 19.4 Å². The van der Waals surface area contributed by atoms with E-state index in [0.717, 1.165) is 0 Å². The number of rotatable bonds is 7. The summed E-state index contributed by atoms with van der Waals surface area (Å²) in [6.07, 6.45) is 1.46. The van der Waals surface area contributed by atoms with Crippen molar-refractivity contribution in [2.75, 3.05) is 13.2 Å². The molecule has 24 heavy (non-hydrogen) atoms. The van der Waals surface area contributed by atoms with E-state index >= 15 is 0 Å². The minimum atomic E-state index is -1.32. The third-order valence-electron chi connectivity index (χ3n) is 2.67. The van der Waals surface area contributed by atoms with Crippen molar-refractivity contribution in [2.24, 2.45) is 0 Å². The molecule has 1 aromatic rings. The van der Waals surface area contributed by atoms with Crippen molar-refractivity contribution in [1.29, 1.82) is 0 Å². The van der Waals surface area contributed by atoms with E-state index in [0.29, 0.717) is 10.8 Å². The van der Waals surface area contributed by atoms with Crippen molar-refractivity contribution in [3.05, 3.63) is 41.9 Å². The van der Waals surface area contributed by atoms with Crippen molar-refractivity contribution < 1.29 is 23.9 Å². The molecule has 0 bridgehead atoms. The Kier molecular flexibility index (Phi) is 7.26. The topological polar surface area (TPSA) is 93.7 Å². The number of nitrogens with one attached hydrogen (secondary N) is 2. The van der Waals surface area contributed by atoms with E-state index < -0.39 is 30.1 Å². The molecule has 0 saturated carbocycles. The summed E-state index contributed by atoms with van der Waals surface area (Å²) in [6, 6.07) is 5.75. The third kappa shape index (κ3) is 6.70. The maximum atomic E-state index is 12.0. The van der Waals surface area contributed by atoms with Gasteiger partial charge in [0, 0.05) is 11.6 Å². The van der Waals surface area contributed by atoms with E-state index in [1.807, 2.05) is 5.32 Å². The van der Waals surface area contributed by atoms with E-state index in [2.05, 4.69) is 11.9 Å². The number of imide groups is 1. The summed E-state index contributed by atoms with van der Waals surface area (Å²) in [4.78, 5) is 34.8. The molecule has 0 aliphatic carbocycles. The highest BCUT2D eigenvalue weighted by Crippen LogP contribution is 2.21. The number of amides is 3. The molecule has 0 saturated heterocycles. The molecule has 0 unspecified atom stereocenters. The van der Waals surface area contributed by atoms with Gasteiger partial charge in [-0.25, -0.2) is 9.59 Å². The standard InChI is InChI=1S/C16H19ClN2O5/c1-4-9-18-15(22)19-13(20)10-23-14(21)16(2,3)24-12-7-5-11(17)6-8-12/h4-8H,1,9-10H2,2-3H3,(H2,18,19,20,22). The summed E-state index contributed by atoms with van der Waals surface area (Å²) in [7, 11) is 0. The van der Waals surface area contributed by atoms with E-state index in [9.17, 15) is 14.4 Å². The van der Waals surface area contributed by atoms with Gasteiger partial charge in [-0.15, -0.1) is 6.58 Å². The highest BCUT2D eigenvalue weighted by Gasteiger charge is 2.32. The molecule has 0 aromatic heterocycles. The Labute approximate surface area is 145 Å². The maximum Gasteiger partial charge on any atom is 0.350 e. The summed E-state index contributed by atoms with van der Waals surface area (Å²) < 4.78 is 10.4. The zero-order valence-electron chi connectivity index (χ0n) is 13.4. The molecule has 0 spiro atoms. The van der Waals surface area contributed by atoms with Crippen LogP contribution in [-0.4, -0.2) is 36.7 Å². The lowest BCUT2D eigenvalue weighted by Crippen LogP contribution is -2.44. The van der Waals surface area contributed by atoms with Gasteiger partial charge in [0.1, 0.15) is 5.75 Å². The molecule has 3 amide bonds. The predicted octanol–water partition coefficient (Wildman–Crippen LogP) is 2.05. The minimum Gasteiger partial charge on any atom is -0.476 e. The van der Waals surface area contributed by atoms with Gasteiger partial charge < -0.3 is 14.8 Å². The Morgan fingerprint density at radius 1 is 1.25 bits per heavy atom. The average Bonchev–Trinajstić information content (AvgIpc) is 2.52. The summed E-state index contributed by atoms with van der Waals surface area (Å²) in [5.74, 6) is -1.08. The first-order valence-corrected chi connectivity index (χ1v) is 7.43. The van der Waals surface area contributed by atoms with Crippen LogP contribution in [0, 0.1) is 0 Å². The van der Waals surface area contributed by atoms with E-state index in [-0.39, 0.29) is 6.54 Å².